The highest BCUT2D eigenvalue weighted by Gasteiger charge is 2.44. The molecule has 2 aliphatic rings. The average Bonchev–Trinajstić information content (AvgIpc) is 3.06. The molecular weight excluding hydrogens is 270 g/mol. The molecule has 110 valence electrons. The van der Waals surface area contributed by atoms with Gasteiger partial charge in [-0.2, -0.15) is 0 Å². The Morgan fingerprint density at radius 3 is 2.60 bits per heavy atom. The summed E-state index contributed by atoms with van der Waals surface area (Å²) in [5.41, 5.74) is 7.36. The molecule has 1 saturated heterocycles. The van der Waals surface area contributed by atoms with E-state index in [-0.39, 0.29) is 23.4 Å². The topological polar surface area (TPSA) is 59.2 Å². The normalized spacial score (nSPS) is 28.0. The maximum atomic E-state index is 12.3. The van der Waals surface area contributed by atoms with E-state index in [2.05, 4.69) is 26.2 Å². The third kappa shape index (κ3) is 2.49. The second kappa shape index (κ2) is 4.81. The molecule has 1 aromatic rings. The van der Waals surface area contributed by atoms with Gasteiger partial charge in [-0.05, 0) is 19.3 Å². The molecule has 4 nitrogen and oxygen atoms in total. The number of rotatable bonds is 2. The largest absolute Gasteiger partial charge is 0.329 e. The Morgan fingerprint density at radius 1 is 1.35 bits per heavy atom. The molecule has 20 heavy (non-hydrogen) atoms. The number of aromatic nitrogens is 1. The van der Waals surface area contributed by atoms with E-state index >= 15 is 0 Å². The first-order valence-corrected chi connectivity index (χ1v) is 8.28. The molecule has 2 fully saturated rings. The van der Waals surface area contributed by atoms with E-state index in [0.717, 1.165) is 30.0 Å². The quantitative estimate of drug-likeness (QED) is 0.911. The number of likely N-dealkylation sites (tertiary alicyclic amines) is 1. The van der Waals surface area contributed by atoms with Gasteiger partial charge in [-0.25, -0.2) is 4.98 Å². The zero-order chi connectivity index (χ0) is 14.5. The van der Waals surface area contributed by atoms with Gasteiger partial charge in [0.1, 0.15) is 0 Å². The van der Waals surface area contributed by atoms with Gasteiger partial charge in [-0.3, -0.25) is 4.79 Å². The Balaban J connectivity index is 1.92. The minimum absolute atomic E-state index is 0.0169. The summed E-state index contributed by atoms with van der Waals surface area (Å²) in [6.45, 7) is 6.50. The molecule has 1 saturated carbocycles. The second-order valence-corrected chi connectivity index (χ2v) is 7.87. The first-order valence-electron chi connectivity index (χ1n) is 7.40. The lowest BCUT2D eigenvalue weighted by molar-refractivity contribution is -0.138. The van der Waals surface area contributed by atoms with Gasteiger partial charge in [-0.15, -0.1) is 11.3 Å². The number of thiazole rings is 1. The summed E-state index contributed by atoms with van der Waals surface area (Å²) in [5.74, 6) is 0.254. The van der Waals surface area contributed by atoms with Crippen LogP contribution in [0.5, 0.6) is 0 Å². The van der Waals surface area contributed by atoms with Crippen LogP contribution < -0.4 is 5.73 Å². The number of amides is 1. The fourth-order valence-electron chi connectivity index (χ4n) is 2.85. The summed E-state index contributed by atoms with van der Waals surface area (Å²) in [5, 5.41) is 3.22. The summed E-state index contributed by atoms with van der Waals surface area (Å²) >= 11 is 1.68. The van der Waals surface area contributed by atoms with Crippen molar-refractivity contribution in [1.29, 1.82) is 0 Å². The number of nitrogens with zero attached hydrogens (tertiary/aromatic N) is 2. The van der Waals surface area contributed by atoms with Crippen LogP contribution in [0.3, 0.4) is 0 Å². The van der Waals surface area contributed by atoms with Crippen LogP contribution in [0, 0.1) is 0 Å². The van der Waals surface area contributed by atoms with Crippen LogP contribution in [0.4, 0.5) is 0 Å². The van der Waals surface area contributed by atoms with Gasteiger partial charge in [0.25, 0.3) is 0 Å². The fraction of sp³-hybridized carbons (Fsp3) is 0.733. The Hall–Kier alpha value is -0.940. The van der Waals surface area contributed by atoms with Crippen molar-refractivity contribution >= 4 is 17.2 Å². The minimum atomic E-state index is -0.0175. The van der Waals surface area contributed by atoms with Crippen molar-refractivity contribution in [2.45, 2.75) is 70.0 Å². The monoisotopic (exact) mass is 293 g/mol. The molecule has 2 atom stereocenters. The van der Waals surface area contributed by atoms with Gasteiger partial charge in [0.2, 0.25) is 5.91 Å². The van der Waals surface area contributed by atoms with Crippen molar-refractivity contribution in [3.8, 4) is 0 Å². The lowest BCUT2D eigenvalue weighted by Crippen LogP contribution is -2.50. The van der Waals surface area contributed by atoms with E-state index in [4.69, 9.17) is 10.7 Å². The van der Waals surface area contributed by atoms with Crippen LogP contribution >= 0.6 is 11.3 Å². The third-order valence-electron chi connectivity index (χ3n) is 4.09. The van der Waals surface area contributed by atoms with Gasteiger partial charge in [-0.1, -0.05) is 20.8 Å². The molecule has 5 heteroatoms. The second-order valence-electron chi connectivity index (χ2n) is 7.01. The van der Waals surface area contributed by atoms with Crippen LogP contribution in [-0.4, -0.2) is 27.9 Å². The molecule has 0 aromatic carbocycles. The van der Waals surface area contributed by atoms with Crippen molar-refractivity contribution in [2.75, 3.05) is 0 Å². The van der Waals surface area contributed by atoms with Gasteiger partial charge in [0.05, 0.1) is 16.7 Å². The Bertz CT molecular complexity index is 515. The van der Waals surface area contributed by atoms with Gasteiger partial charge < -0.3 is 10.6 Å². The highest BCUT2D eigenvalue weighted by molar-refractivity contribution is 7.09. The van der Waals surface area contributed by atoms with Crippen LogP contribution in [0.15, 0.2) is 5.38 Å². The summed E-state index contributed by atoms with van der Waals surface area (Å²) in [7, 11) is 0. The Labute approximate surface area is 124 Å². The smallest absolute Gasteiger partial charge is 0.223 e. The van der Waals surface area contributed by atoms with Crippen molar-refractivity contribution in [1.82, 2.24) is 9.88 Å². The molecule has 0 radical (unpaired) electrons. The summed E-state index contributed by atoms with van der Waals surface area (Å²) in [4.78, 5) is 19.1. The van der Waals surface area contributed by atoms with Gasteiger partial charge >= 0.3 is 0 Å². The molecule has 2 heterocycles. The fourth-order valence-corrected chi connectivity index (χ4v) is 3.79. The maximum Gasteiger partial charge on any atom is 0.223 e. The van der Waals surface area contributed by atoms with Crippen LogP contribution in [0.1, 0.15) is 63.2 Å². The van der Waals surface area contributed by atoms with Gasteiger partial charge in [0, 0.05) is 29.3 Å². The van der Waals surface area contributed by atoms with E-state index in [0.29, 0.717) is 12.5 Å². The molecular formula is C15H23N3OS. The first-order chi connectivity index (χ1) is 9.38. The predicted molar refractivity (Wildman–Crippen MR) is 80.6 cm³/mol. The average molecular weight is 293 g/mol. The van der Waals surface area contributed by atoms with Crippen molar-refractivity contribution in [3.63, 3.8) is 0 Å². The molecule has 1 amide bonds. The van der Waals surface area contributed by atoms with E-state index in [1.807, 2.05) is 4.90 Å². The molecule has 0 spiro atoms. The first kappa shape index (κ1) is 14.0. The summed E-state index contributed by atoms with van der Waals surface area (Å²) in [6, 6.07) is 0.401. The molecule has 0 bridgehead atoms. The van der Waals surface area contributed by atoms with E-state index in [9.17, 15) is 4.79 Å². The number of carbonyl (C=O) groups is 1. The van der Waals surface area contributed by atoms with Crippen LogP contribution in [0.2, 0.25) is 0 Å². The summed E-state index contributed by atoms with van der Waals surface area (Å²) in [6.07, 6.45) is 3.59. The summed E-state index contributed by atoms with van der Waals surface area (Å²) < 4.78 is 0. The van der Waals surface area contributed by atoms with Crippen molar-refractivity contribution in [3.05, 3.63) is 16.1 Å². The highest BCUT2D eigenvalue weighted by atomic mass is 32.1. The Kier molecular flexibility index (Phi) is 3.37. The molecule has 1 aliphatic heterocycles. The van der Waals surface area contributed by atoms with Gasteiger partial charge in [0.15, 0.2) is 0 Å². The van der Waals surface area contributed by atoms with E-state index < -0.39 is 0 Å². The Morgan fingerprint density at radius 2 is 2.05 bits per heavy atom. The highest BCUT2D eigenvalue weighted by Crippen LogP contribution is 2.40. The number of nitrogens with two attached hydrogens (primary N) is 1. The number of carbonyl (C=O) groups excluding carboxylic acids is 1. The van der Waals surface area contributed by atoms with E-state index in [1.54, 1.807) is 11.3 Å². The van der Waals surface area contributed by atoms with E-state index in [1.165, 1.54) is 0 Å². The number of piperidine rings is 1. The van der Waals surface area contributed by atoms with Crippen molar-refractivity contribution < 1.29 is 4.79 Å². The lowest BCUT2D eigenvalue weighted by Gasteiger charge is -2.39. The number of hydrogen-bond donors (Lipinski definition) is 1. The molecule has 1 aromatic heterocycles. The molecule has 3 rings (SSSR count). The molecule has 2 N–H and O–H groups in total. The standard InChI is InChI=1S/C15H23N3OS/c1-15(2,3)14-17-11(8-20-14)13-10(16)6-7-12(19)18(13)9-4-5-9/h8-10,13H,4-7,16H2,1-3H3. The SMILES string of the molecule is CC(C)(C)c1nc(C2C(N)CCC(=O)N2C2CC2)cs1. The lowest BCUT2D eigenvalue weighted by atomic mass is 9.93. The van der Waals surface area contributed by atoms with Crippen molar-refractivity contribution in [2.24, 2.45) is 5.73 Å². The zero-order valence-corrected chi connectivity index (χ0v) is 13.2. The molecule has 2 unspecified atom stereocenters. The maximum absolute atomic E-state index is 12.3. The van der Waals surface area contributed by atoms with Crippen LogP contribution in [-0.2, 0) is 10.2 Å². The van der Waals surface area contributed by atoms with Crippen LogP contribution in [0.25, 0.3) is 0 Å². The predicted octanol–water partition coefficient (Wildman–Crippen LogP) is 2.59. The third-order valence-corrected chi connectivity index (χ3v) is 5.38. The minimum Gasteiger partial charge on any atom is -0.329 e. The zero-order valence-electron chi connectivity index (χ0n) is 12.4. The molecule has 1 aliphatic carbocycles. The number of hydrogen-bond acceptors (Lipinski definition) is 4.